The summed E-state index contributed by atoms with van der Waals surface area (Å²) in [6, 6.07) is 0.125. The topological polar surface area (TPSA) is 72.9 Å². The highest BCUT2D eigenvalue weighted by atomic mass is 16.5. The largest absolute Gasteiger partial charge is 0.338 e. The zero-order chi connectivity index (χ0) is 14.4. The minimum Gasteiger partial charge on any atom is -0.338 e. The predicted molar refractivity (Wildman–Crippen MR) is 74.5 cm³/mol. The third kappa shape index (κ3) is 2.25. The Morgan fingerprint density at radius 2 is 2.14 bits per heavy atom. The van der Waals surface area contributed by atoms with Crippen molar-refractivity contribution in [3.63, 3.8) is 0 Å². The summed E-state index contributed by atoms with van der Waals surface area (Å²) in [6.07, 6.45) is 3.32. The van der Waals surface area contributed by atoms with Crippen LogP contribution in [0.25, 0.3) is 0 Å². The second-order valence-corrected chi connectivity index (χ2v) is 5.95. The molecule has 0 aromatic carbocycles. The standard InChI is InChI=1S/C14H20N6O/c1-3-11-16-17-12-8-19(6-7-20(11)12)9(2)14-15-13(18-21-14)10-4-5-10/h9-10H,3-8H2,1-2H3/t9-/m0/s1. The Morgan fingerprint density at radius 1 is 1.29 bits per heavy atom. The van der Waals surface area contributed by atoms with Crippen molar-refractivity contribution in [3.8, 4) is 0 Å². The minimum absolute atomic E-state index is 0.125. The average molecular weight is 288 g/mol. The van der Waals surface area contributed by atoms with Crippen molar-refractivity contribution in [2.45, 2.75) is 58.2 Å². The highest BCUT2D eigenvalue weighted by Gasteiger charge is 2.32. The van der Waals surface area contributed by atoms with Gasteiger partial charge in [-0.15, -0.1) is 10.2 Å². The quantitative estimate of drug-likeness (QED) is 0.852. The van der Waals surface area contributed by atoms with Crippen LogP contribution >= 0.6 is 0 Å². The van der Waals surface area contributed by atoms with Gasteiger partial charge in [-0.2, -0.15) is 4.98 Å². The zero-order valence-corrected chi connectivity index (χ0v) is 12.5. The lowest BCUT2D eigenvalue weighted by atomic mass is 10.2. The molecule has 1 aliphatic carbocycles. The van der Waals surface area contributed by atoms with E-state index in [0.717, 1.165) is 49.4 Å². The van der Waals surface area contributed by atoms with E-state index in [4.69, 9.17) is 4.52 Å². The van der Waals surface area contributed by atoms with Crippen molar-refractivity contribution in [2.75, 3.05) is 6.54 Å². The van der Waals surface area contributed by atoms with E-state index in [1.165, 1.54) is 12.8 Å². The first-order chi connectivity index (χ1) is 10.3. The van der Waals surface area contributed by atoms with Gasteiger partial charge in [-0.1, -0.05) is 12.1 Å². The van der Waals surface area contributed by atoms with E-state index in [0.29, 0.717) is 5.92 Å². The van der Waals surface area contributed by atoms with Crippen molar-refractivity contribution in [1.82, 2.24) is 29.8 Å². The molecule has 0 radical (unpaired) electrons. The van der Waals surface area contributed by atoms with Crippen LogP contribution in [0.15, 0.2) is 4.52 Å². The van der Waals surface area contributed by atoms with Crippen LogP contribution in [0.5, 0.6) is 0 Å². The lowest BCUT2D eigenvalue weighted by Gasteiger charge is -2.30. The molecular formula is C14H20N6O. The fraction of sp³-hybridized carbons (Fsp3) is 0.714. The molecule has 1 saturated carbocycles. The second-order valence-electron chi connectivity index (χ2n) is 5.95. The summed E-state index contributed by atoms with van der Waals surface area (Å²) in [6.45, 7) is 6.91. The molecule has 7 heteroatoms. The van der Waals surface area contributed by atoms with Crippen LogP contribution in [-0.4, -0.2) is 36.3 Å². The highest BCUT2D eigenvalue weighted by Crippen LogP contribution is 2.38. The first-order valence-corrected chi connectivity index (χ1v) is 7.74. The van der Waals surface area contributed by atoms with Gasteiger partial charge in [-0.25, -0.2) is 0 Å². The summed E-state index contributed by atoms with van der Waals surface area (Å²) in [5, 5.41) is 12.7. The summed E-state index contributed by atoms with van der Waals surface area (Å²) in [5.74, 6) is 4.25. The van der Waals surface area contributed by atoms with Gasteiger partial charge in [0, 0.05) is 25.4 Å². The van der Waals surface area contributed by atoms with Gasteiger partial charge in [-0.3, -0.25) is 4.90 Å². The van der Waals surface area contributed by atoms with Crippen LogP contribution in [0.3, 0.4) is 0 Å². The molecule has 4 rings (SSSR count). The second kappa shape index (κ2) is 4.91. The van der Waals surface area contributed by atoms with Gasteiger partial charge in [0.15, 0.2) is 5.82 Å². The molecule has 1 atom stereocenters. The van der Waals surface area contributed by atoms with E-state index in [1.807, 2.05) is 0 Å². The molecule has 0 N–H and O–H groups in total. The number of fused-ring (bicyclic) bond motifs is 1. The smallest absolute Gasteiger partial charge is 0.243 e. The van der Waals surface area contributed by atoms with Gasteiger partial charge >= 0.3 is 0 Å². The molecular weight excluding hydrogens is 268 g/mol. The monoisotopic (exact) mass is 288 g/mol. The first-order valence-electron chi connectivity index (χ1n) is 7.74. The molecule has 7 nitrogen and oxygen atoms in total. The van der Waals surface area contributed by atoms with E-state index in [2.05, 4.69) is 43.7 Å². The molecule has 2 aromatic heterocycles. The molecule has 2 aromatic rings. The highest BCUT2D eigenvalue weighted by molar-refractivity contribution is 5.06. The maximum absolute atomic E-state index is 5.45. The van der Waals surface area contributed by atoms with Gasteiger partial charge in [-0.05, 0) is 19.8 Å². The van der Waals surface area contributed by atoms with Crippen molar-refractivity contribution in [1.29, 1.82) is 0 Å². The van der Waals surface area contributed by atoms with Crippen LogP contribution < -0.4 is 0 Å². The third-order valence-corrected chi connectivity index (χ3v) is 4.48. The minimum atomic E-state index is 0.125. The van der Waals surface area contributed by atoms with Gasteiger partial charge in [0.25, 0.3) is 0 Å². The Bertz CT molecular complexity index is 644. The molecule has 21 heavy (non-hydrogen) atoms. The normalized spacial score (nSPS) is 20.5. The lowest BCUT2D eigenvalue weighted by Crippen LogP contribution is -2.36. The number of nitrogens with zero attached hydrogens (tertiary/aromatic N) is 6. The molecule has 0 spiro atoms. The number of hydrogen-bond donors (Lipinski definition) is 0. The average Bonchev–Trinajstić information content (AvgIpc) is 3.11. The summed E-state index contributed by atoms with van der Waals surface area (Å²) < 4.78 is 7.68. The van der Waals surface area contributed by atoms with Crippen LogP contribution in [0.1, 0.15) is 62.0 Å². The van der Waals surface area contributed by atoms with Crippen LogP contribution in [0.4, 0.5) is 0 Å². The van der Waals surface area contributed by atoms with Crippen LogP contribution in [-0.2, 0) is 19.5 Å². The molecule has 0 amide bonds. The Balaban J connectivity index is 1.51. The van der Waals surface area contributed by atoms with Gasteiger partial charge < -0.3 is 9.09 Å². The van der Waals surface area contributed by atoms with Crippen molar-refractivity contribution in [3.05, 3.63) is 23.4 Å². The van der Waals surface area contributed by atoms with Gasteiger partial charge in [0.2, 0.25) is 5.89 Å². The maximum Gasteiger partial charge on any atom is 0.243 e. The molecule has 2 aliphatic rings. The molecule has 0 bridgehead atoms. The number of rotatable bonds is 4. The van der Waals surface area contributed by atoms with E-state index in [-0.39, 0.29) is 6.04 Å². The van der Waals surface area contributed by atoms with E-state index in [1.54, 1.807) is 0 Å². The number of aromatic nitrogens is 5. The zero-order valence-electron chi connectivity index (χ0n) is 12.5. The maximum atomic E-state index is 5.45. The Labute approximate surface area is 123 Å². The molecule has 0 unspecified atom stereocenters. The fourth-order valence-corrected chi connectivity index (χ4v) is 2.91. The van der Waals surface area contributed by atoms with E-state index in [9.17, 15) is 0 Å². The molecule has 1 aliphatic heterocycles. The summed E-state index contributed by atoms with van der Waals surface area (Å²) in [4.78, 5) is 6.89. The summed E-state index contributed by atoms with van der Waals surface area (Å²) >= 11 is 0. The molecule has 1 fully saturated rings. The van der Waals surface area contributed by atoms with Gasteiger partial charge in [0.05, 0.1) is 12.6 Å². The number of hydrogen-bond acceptors (Lipinski definition) is 6. The van der Waals surface area contributed by atoms with Crippen LogP contribution in [0, 0.1) is 0 Å². The van der Waals surface area contributed by atoms with Crippen molar-refractivity contribution < 1.29 is 4.52 Å². The lowest BCUT2D eigenvalue weighted by molar-refractivity contribution is 0.135. The molecule has 0 saturated heterocycles. The number of aryl methyl sites for hydroxylation is 1. The Kier molecular flexibility index (Phi) is 3.02. The molecule has 3 heterocycles. The SMILES string of the molecule is CCc1nnc2n1CCN([C@@H](C)c1nc(C3CC3)no1)C2. The Morgan fingerprint density at radius 3 is 2.90 bits per heavy atom. The van der Waals surface area contributed by atoms with E-state index >= 15 is 0 Å². The fourth-order valence-electron chi connectivity index (χ4n) is 2.91. The summed E-state index contributed by atoms with van der Waals surface area (Å²) in [7, 11) is 0. The van der Waals surface area contributed by atoms with Crippen molar-refractivity contribution >= 4 is 0 Å². The predicted octanol–water partition coefficient (Wildman–Crippen LogP) is 1.68. The first kappa shape index (κ1) is 12.9. The van der Waals surface area contributed by atoms with Gasteiger partial charge in [0.1, 0.15) is 11.6 Å². The Hall–Kier alpha value is -1.76. The third-order valence-electron chi connectivity index (χ3n) is 4.48. The van der Waals surface area contributed by atoms with E-state index < -0.39 is 0 Å². The van der Waals surface area contributed by atoms with Crippen LogP contribution in [0.2, 0.25) is 0 Å². The summed E-state index contributed by atoms with van der Waals surface area (Å²) in [5.41, 5.74) is 0. The molecule has 112 valence electrons. The van der Waals surface area contributed by atoms with Crippen molar-refractivity contribution in [2.24, 2.45) is 0 Å².